The number of hydrogen-bond acceptors (Lipinski definition) is 3. The first-order chi connectivity index (χ1) is 10.1. The van der Waals surface area contributed by atoms with Gasteiger partial charge in [-0.2, -0.15) is 0 Å². The Morgan fingerprint density at radius 1 is 1.33 bits per heavy atom. The number of benzene rings is 1. The zero-order valence-electron chi connectivity index (χ0n) is 13.6. The van der Waals surface area contributed by atoms with Crippen LogP contribution < -0.4 is 5.32 Å². The molecule has 0 aromatic heterocycles. The Hall–Kier alpha value is -0.510. The molecule has 2 unspecified atom stereocenters. The molecule has 0 amide bonds. The van der Waals surface area contributed by atoms with E-state index in [9.17, 15) is 0 Å². The molecule has 2 aliphatic heterocycles. The molecular formula is C18H28N2S. The second-order valence-electron chi connectivity index (χ2n) is 7.13. The van der Waals surface area contributed by atoms with Crippen LogP contribution in [0.15, 0.2) is 29.2 Å². The minimum atomic E-state index is 0.270. The van der Waals surface area contributed by atoms with Gasteiger partial charge in [0.1, 0.15) is 0 Å². The monoisotopic (exact) mass is 304 g/mol. The van der Waals surface area contributed by atoms with Crippen LogP contribution in [0.4, 0.5) is 0 Å². The van der Waals surface area contributed by atoms with Gasteiger partial charge in [-0.3, -0.25) is 4.90 Å². The molecular weight excluding hydrogens is 276 g/mol. The third-order valence-electron chi connectivity index (χ3n) is 5.00. The Kier molecular flexibility index (Phi) is 4.63. The highest BCUT2D eigenvalue weighted by atomic mass is 32.2. The molecule has 2 aliphatic rings. The highest BCUT2D eigenvalue weighted by Crippen LogP contribution is 2.40. The van der Waals surface area contributed by atoms with Gasteiger partial charge in [-0.25, -0.2) is 0 Å². The lowest BCUT2D eigenvalue weighted by atomic mass is 9.92. The van der Waals surface area contributed by atoms with Crippen LogP contribution in [-0.4, -0.2) is 41.9 Å². The summed E-state index contributed by atoms with van der Waals surface area (Å²) in [6.07, 6.45) is 2.57. The van der Waals surface area contributed by atoms with Crippen molar-refractivity contribution in [3.05, 3.63) is 29.8 Å². The Balaban J connectivity index is 1.71. The van der Waals surface area contributed by atoms with Gasteiger partial charge in [-0.1, -0.05) is 31.5 Å². The lowest BCUT2D eigenvalue weighted by molar-refractivity contribution is 0.0596. The molecule has 0 radical (unpaired) electrons. The average molecular weight is 305 g/mol. The SMILES string of the molecule is CCCC1CN(CC2CSc3ccccc32)C(C)(C)CN1. The average Bonchev–Trinajstić information content (AvgIpc) is 2.87. The van der Waals surface area contributed by atoms with E-state index in [-0.39, 0.29) is 5.54 Å². The minimum Gasteiger partial charge on any atom is -0.311 e. The molecule has 1 N–H and O–H groups in total. The maximum Gasteiger partial charge on any atom is 0.0278 e. The Bertz CT molecular complexity index is 486. The molecule has 3 heteroatoms. The van der Waals surface area contributed by atoms with Gasteiger partial charge in [0.25, 0.3) is 0 Å². The second kappa shape index (κ2) is 6.31. The quantitative estimate of drug-likeness (QED) is 0.912. The van der Waals surface area contributed by atoms with E-state index >= 15 is 0 Å². The topological polar surface area (TPSA) is 15.3 Å². The van der Waals surface area contributed by atoms with Crippen LogP contribution in [0.25, 0.3) is 0 Å². The molecule has 1 aromatic carbocycles. The Morgan fingerprint density at radius 3 is 2.95 bits per heavy atom. The molecule has 1 saturated heterocycles. The molecule has 116 valence electrons. The van der Waals surface area contributed by atoms with Crippen molar-refractivity contribution in [2.45, 2.75) is 56.0 Å². The van der Waals surface area contributed by atoms with E-state index in [0.29, 0.717) is 12.0 Å². The molecule has 2 nitrogen and oxygen atoms in total. The van der Waals surface area contributed by atoms with Crippen molar-refractivity contribution >= 4 is 11.8 Å². The van der Waals surface area contributed by atoms with Crippen LogP contribution in [0.5, 0.6) is 0 Å². The summed E-state index contributed by atoms with van der Waals surface area (Å²) >= 11 is 2.03. The van der Waals surface area contributed by atoms with Crippen molar-refractivity contribution < 1.29 is 0 Å². The number of rotatable bonds is 4. The predicted molar refractivity (Wildman–Crippen MR) is 92.3 cm³/mol. The van der Waals surface area contributed by atoms with Gasteiger partial charge in [0.05, 0.1) is 0 Å². The fraction of sp³-hybridized carbons (Fsp3) is 0.667. The Morgan fingerprint density at radius 2 is 2.14 bits per heavy atom. The largest absolute Gasteiger partial charge is 0.311 e. The van der Waals surface area contributed by atoms with Gasteiger partial charge in [-0.15, -0.1) is 11.8 Å². The number of nitrogens with zero attached hydrogens (tertiary/aromatic N) is 1. The fourth-order valence-electron chi connectivity index (χ4n) is 3.59. The molecule has 0 spiro atoms. The zero-order valence-corrected chi connectivity index (χ0v) is 14.4. The number of nitrogens with one attached hydrogen (secondary N) is 1. The molecule has 0 saturated carbocycles. The molecule has 2 heterocycles. The minimum absolute atomic E-state index is 0.270. The molecule has 2 atom stereocenters. The van der Waals surface area contributed by atoms with Crippen LogP contribution in [-0.2, 0) is 0 Å². The van der Waals surface area contributed by atoms with Gasteiger partial charge in [-0.05, 0) is 31.9 Å². The standard InChI is InChI=1S/C18H28N2S/c1-4-7-15-11-20(18(2,3)13-19-15)10-14-12-21-17-9-6-5-8-16(14)17/h5-6,8-9,14-15,19H,4,7,10-13H2,1-3H3. The van der Waals surface area contributed by atoms with Crippen LogP contribution in [0, 0.1) is 0 Å². The van der Waals surface area contributed by atoms with E-state index in [2.05, 4.69) is 55.3 Å². The van der Waals surface area contributed by atoms with Gasteiger partial charge in [0.15, 0.2) is 0 Å². The lowest BCUT2D eigenvalue weighted by Gasteiger charge is -2.47. The normalized spacial score (nSPS) is 28.5. The summed E-state index contributed by atoms with van der Waals surface area (Å²) in [6.45, 7) is 10.6. The van der Waals surface area contributed by atoms with Crippen molar-refractivity contribution in [2.24, 2.45) is 0 Å². The zero-order chi connectivity index (χ0) is 14.9. The van der Waals surface area contributed by atoms with E-state index in [4.69, 9.17) is 0 Å². The first-order valence-electron chi connectivity index (χ1n) is 8.30. The van der Waals surface area contributed by atoms with Crippen LogP contribution >= 0.6 is 11.8 Å². The highest BCUT2D eigenvalue weighted by molar-refractivity contribution is 7.99. The summed E-state index contributed by atoms with van der Waals surface area (Å²) in [4.78, 5) is 4.23. The summed E-state index contributed by atoms with van der Waals surface area (Å²) in [7, 11) is 0. The van der Waals surface area contributed by atoms with Crippen molar-refractivity contribution in [3.8, 4) is 0 Å². The summed E-state index contributed by atoms with van der Waals surface area (Å²) < 4.78 is 0. The van der Waals surface area contributed by atoms with Crippen molar-refractivity contribution in [2.75, 3.05) is 25.4 Å². The van der Waals surface area contributed by atoms with Crippen molar-refractivity contribution in [1.29, 1.82) is 0 Å². The van der Waals surface area contributed by atoms with E-state index in [1.165, 1.54) is 36.6 Å². The van der Waals surface area contributed by atoms with E-state index < -0.39 is 0 Å². The third-order valence-corrected chi connectivity index (χ3v) is 6.25. The second-order valence-corrected chi connectivity index (χ2v) is 8.19. The smallest absolute Gasteiger partial charge is 0.0278 e. The van der Waals surface area contributed by atoms with E-state index in [1.807, 2.05) is 11.8 Å². The molecule has 1 fully saturated rings. The van der Waals surface area contributed by atoms with Gasteiger partial charge >= 0.3 is 0 Å². The number of thioether (sulfide) groups is 1. The maximum atomic E-state index is 3.74. The maximum absolute atomic E-state index is 3.74. The summed E-state index contributed by atoms with van der Waals surface area (Å²) in [5.74, 6) is 1.95. The van der Waals surface area contributed by atoms with E-state index in [1.54, 1.807) is 5.56 Å². The van der Waals surface area contributed by atoms with Crippen molar-refractivity contribution in [3.63, 3.8) is 0 Å². The number of piperazine rings is 1. The summed E-state index contributed by atoms with van der Waals surface area (Å²) in [5.41, 5.74) is 1.84. The van der Waals surface area contributed by atoms with E-state index in [0.717, 1.165) is 6.54 Å². The van der Waals surface area contributed by atoms with Crippen LogP contribution in [0.3, 0.4) is 0 Å². The number of hydrogen-bond donors (Lipinski definition) is 1. The Labute approximate surface area is 133 Å². The fourth-order valence-corrected chi connectivity index (χ4v) is 4.84. The van der Waals surface area contributed by atoms with Crippen LogP contribution in [0.1, 0.15) is 45.1 Å². The molecule has 0 bridgehead atoms. The lowest BCUT2D eigenvalue weighted by Crippen LogP contribution is -2.62. The predicted octanol–water partition coefficient (Wildman–Crippen LogP) is 3.73. The molecule has 0 aliphatic carbocycles. The molecule has 21 heavy (non-hydrogen) atoms. The summed E-state index contributed by atoms with van der Waals surface area (Å²) in [5, 5.41) is 3.74. The van der Waals surface area contributed by atoms with Gasteiger partial charge in [0, 0.05) is 47.8 Å². The highest BCUT2D eigenvalue weighted by Gasteiger charge is 2.36. The molecule has 3 rings (SSSR count). The van der Waals surface area contributed by atoms with Gasteiger partial charge in [0.2, 0.25) is 0 Å². The molecule has 1 aromatic rings. The van der Waals surface area contributed by atoms with Crippen molar-refractivity contribution in [1.82, 2.24) is 10.2 Å². The van der Waals surface area contributed by atoms with Crippen LogP contribution in [0.2, 0.25) is 0 Å². The first-order valence-corrected chi connectivity index (χ1v) is 9.29. The number of fused-ring (bicyclic) bond motifs is 1. The van der Waals surface area contributed by atoms with Gasteiger partial charge < -0.3 is 5.32 Å². The third kappa shape index (κ3) is 3.30. The summed E-state index contributed by atoms with van der Waals surface area (Å²) in [6, 6.07) is 9.65. The first kappa shape index (κ1) is 15.4.